The zero-order valence-electron chi connectivity index (χ0n) is 23.6. The van der Waals surface area contributed by atoms with Crippen LogP contribution in [-0.2, 0) is 32.6 Å². The van der Waals surface area contributed by atoms with Crippen LogP contribution in [0.5, 0.6) is 0 Å². The van der Waals surface area contributed by atoms with Crippen molar-refractivity contribution in [1.29, 1.82) is 0 Å². The molecule has 1 fully saturated rings. The Morgan fingerprint density at radius 1 is 0.902 bits per heavy atom. The summed E-state index contributed by atoms with van der Waals surface area (Å²) >= 11 is 3.44. The Morgan fingerprint density at radius 3 is 2.12 bits per heavy atom. The number of carbonyl (C=O) groups is 2. The molecule has 1 unspecified atom stereocenters. The summed E-state index contributed by atoms with van der Waals surface area (Å²) in [6.07, 6.45) is 5.97. The molecule has 41 heavy (non-hydrogen) atoms. The molecule has 0 radical (unpaired) electrons. The zero-order valence-corrected chi connectivity index (χ0v) is 26.0. The molecule has 1 N–H and O–H groups in total. The summed E-state index contributed by atoms with van der Waals surface area (Å²) in [5, 5.41) is 3.13. The van der Waals surface area contributed by atoms with Gasteiger partial charge in [0.05, 0.1) is 10.6 Å². The van der Waals surface area contributed by atoms with Crippen molar-refractivity contribution in [3.05, 3.63) is 94.5 Å². The van der Waals surface area contributed by atoms with Gasteiger partial charge in [0, 0.05) is 17.1 Å². The van der Waals surface area contributed by atoms with Gasteiger partial charge in [0.2, 0.25) is 11.8 Å². The van der Waals surface area contributed by atoms with E-state index in [1.165, 1.54) is 23.5 Å². The van der Waals surface area contributed by atoms with Crippen LogP contribution in [-0.4, -0.2) is 43.8 Å². The first-order chi connectivity index (χ1) is 19.7. The van der Waals surface area contributed by atoms with Gasteiger partial charge in [0.15, 0.2) is 0 Å². The number of nitrogens with zero attached hydrogens (tertiary/aromatic N) is 2. The molecule has 9 heteroatoms. The van der Waals surface area contributed by atoms with Crippen molar-refractivity contribution in [2.45, 2.75) is 75.9 Å². The van der Waals surface area contributed by atoms with Crippen molar-refractivity contribution in [3.8, 4) is 0 Å². The smallest absolute Gasteiger partial charge is 0.264 e. The fourth-order valence-corrected chi connectivity index (χ4v) is 6.78. The lowest BCUT2D eigenvalue weighted by atomic mass is 9.95. The topological polar surface area (TPSA) is 86.8 Å². The Morgan fingerprint density at radius 2 is 1.51 bits per heavy atom. The molecule has 218 valence electrons. The molecule has 1 aliphatic rings. The van der Waals surface area contributed by atoms with Gasteiger partial charge >= 0.3 is 0 Å². The number of amides is 2. The van der Waals surface area contributed by atoms with E-state index in [4.69, 9.17) is 0 Å². The number of carbonyl (C=O) groups excluding carboxylic acids is 2. The SMILES string of the molecule is CCc1ccc(N(CC(=O)N(Cc2ccc(Br)cc2)C(C)C(=O)NC2CCCCC2)S(=O)(=O)c2ccccc2)cc1. The van der Waals surface area contributed by atoms with E-state index >= 15 is 0 Å². The minimum atomic E-state index is -4.07. The van der Waals surface area contributed by atoms with Crippen molar-refractivity contribution in [3.63, 3.8) is 0 Å². The molecule has 0 bridgehead atoms. The van der Waals surface area contributed by atoms with Crippen molar-refractivity contribution in [2.75, 3.05) is 10.8 Å². The van der Waals surface area contributed by atoms with Gasteiger partial charge in [-0.05, 0) is 73.7 Å². The lowest BCUT2D eigenvalue weighted by Gasteiger charge is -2.33. The van der Waals surface area contributed by atoms with Crippen molar-refractivity contribution in [2.24, 2.45) is 0 Å². The maximum atomic E-state index is 14.1. The Bertz CT molecular complexity index is 1410. The number of nitrogens with one attached hydrogen (secondary N) is 1. The van der Waals surface area contributed by atoms with E-state index in [1.54, 1.807) is 37.3 Å². The van der Waals surface area contributed by atoms with Crippen LogP contribution in [0, 0.1) is 0 Å². The summed E-state index contributed by atoms with van der Waals surface area (Å²) in [4.78, 5) is 29.0. The highest BCUT2D eigenvalue weighted by molar-refractivity contribution is 9.10. The number of halogens is 1. The van der Waals surface area contributed by atoms with Gasteiger partial charge in [-0.25, -0.2) is 8.42 Å². The summed E-state index contributed by atoms with van der Waals surface area (Å²) in [5.74, 6) is -0.689. The fraction of sp³-hybridized carbons (Fsp3) is 0.375. The normalized spacial score (nSPS) is 14.7. The number of aryl methyl sites for hydroxylation is 1. The van der Waals surface area contributed by atoms with Crippen LogP contribution < -0.4 is 9.62 Å². The Balaban J connectivity index is 1.66. The Kier molecular flexibility index (Phi) is 10.6. The summed E-state index contributed by atoms with van der Waals surface area (Å²) < 4.78 is 29.8. The van der Waals surface area contributed by atoms with Crippen LogP contribution in [0.2, 0.25) is 0 Å². The molecule has 0 aromatic heterocycles. The predicted molar refractivity (Wildman–Crippen MR) is 166 cm³/mol. The Labute approximate surface area is 252 Å². The minimum Gasteiger partial charge on any atom is -0.352 e. The standard InChI is InChI=1S/C32H38BrN3O4S/c1-3-25-16-20-29(21-17-25)36(41(39,40)30-12-8-5-9-13-30)23-31(37)35(22-26-14-18-27(33)19-15-26)24(2)32(38)34-28-10-6-4-7-11-28/h5,8-9,12-21,24,28H,3-4,6-7,10-11,22-23H2,1-2H3,(H,34,38). The van der Waals surface area contributed by atoms with Gasteiger partial charge < -0.3 is 10.2 Å². The number of benzene rings is 3. The highest BCUT2D eigenvalue weighted by Gasteiger charge is 2.33. The number of sulfonamides is 1. The van der Waals surface area contributed by atoms with Crippen molar-refractivity contribution < 1.29 is 18.0 Å². The largest absolute Gasteiger partial charge is 0.352 e. The molecule has 0 heterocycles. The average Bonchev–Trinajstić information content (AvgIpc) is 3.00. The van der Waals surface area contributed by atoms with E-state index in [2.05, 4.69) is 21.2 Å². The highest BCUT2D eigenvalue weighted by atomic mass is 79.9. The van der Waals surface area contributed by atoms with E-state index in [1.807, 2.05) is 43.3 Å². The van der Waals surface area contributed by atoms with E-state index in [0.717, 1.165) is 52.0 Å². The van der Waals surface area contributed by atoms with E-state index in [0.29, 0.717) is 5.69 Å². The molecule has 1 saturated carbocycles. The third kappa shape index (κ3) is 7.98. The van der Waals surface area contributed by atoms with E-state index in [-0.39, 0.29) is 23.4 Å². The monoisotopic (exact) mass is 639 g/mol. The van der Waals surface area contributed by atoms with Gasteiger partial charge in [-0.15, -0.1) is 0 Å². The maximum absolute atomic E-state index is 14.1. The van der Waals surface area contributed by atoms with Crippen LogP contribution in [0.1, 0.15) is 57.1 Å². The number of anilines is 1. The molecule has 1 atom stereocenters. The quantitative estimate of drug-likeness (QED) is 0.276. The van der Waals surface area contributed by atoms with E-state index < -0.39 is 28.5 Å². The second kappa shape index (κ2) is 14.1. The lowest BCUT2D eigenvalue weighted by molar-refractivity contribution is -0.139. The fourth-order valence-electron chi connectivity index (χ4n) is 5.08. The molecule has 2 amide bonds. The average molecular weight is 641 g/mol. The van der Waals surface area contributed by atoms with Gasteiger partial charge in [-0.1, -0.05) is 84.6 Å². The summed E-state index contributed by atoms with van der Waals surface area (Å²) in [7, 11) is -4.07. The highest BCUT2D eigenvalue weighted by Crippen LogP contribution is 2.25. The number of rotatable bonds is 11. The van der Waals surface area contributed by atoms with Crippen LogP contribution >= 0.6 is 15.9 Å². The van der Waals surface area contributed by atoms with Crippen LogP contribution in [0.4, 0.5) is 5.69 Å². The first-order valence-corrected chi connectivity index (χ1v) is 16.4. The first kappa shape index (κ1) is 30.8. The van der Waals surface area contributed by atoms with Gasteiger partial charge in [-0.3, -0.25) is 13.9 Å². The number of hydrogen-bond donors (Lipinski definition) is 1. The second-order valence-electron chi connectivity index (χ2n) is 10.5. The molecule has 0 spiro atoms. The van der Waals surface area contributed by atoms with Gasteiger partial charge in [0.1, 0.15) is 12.6 Å². The lowest BCUT2D eigenvalue weighted by Crippen LogP contribution is -2.53. The molecule has 0 saturated heterocycles. The molecule has 1 aliphatic carbocycles. The van der Waals surface area contributed by atoms with Crippen molar-refractivity contribution >= 4 is 43.5 Å². The first-order valence-electron chi connectivity index (χ1n) is 14.2. The van der Waals surface area contributed by atoms with Crippen molar-refractivity contribution in [1.82, 2.24) is 10.2 Å². The summed E-state index contributed by atoms with van der Waals surface area (Å²) in [6.45, 7) is 3.46. The van der Waals surface area contributed by atoms with Gasteiger partial charge in [-0.2, -0.15) is 0 Å². The molecular formula is C32H38BrN3O4S. The maximum Gasteiger partial charge on any atom is 0.264 e. The number of hydrogen-bond acceptors (Lipinski definition) is 4. The van der Waals surface area contributed by atoms with Crippen LogP contribution in [0.3, 0.4) is 0 Å². The van der Waals surface area contributed by atoms with Crippen LogP contribution in [0.25, 0.3) is 0 Å². The molecule has 0 aliphatic heterocycles. The minimum absolute atomic E-state index is 0.0925. The van der Waals surface area contributed by atoms with E-state index in [9.17, 15) is 18.0 Å². The third-order valence-electron chi connectivity index (χ3n) is 7.63. The predicted octanol–water partition coefficient (Wildman–Crippen LogP) is 6.07. The van der Waals surface area contributed by atoms with Crippen LogP contribution in [0.15, 0.2) is 88.2 Å². The second-order valence-corrected chi connectivity index (χ2v) is 13.3. The summed E-state index contributed by atoms with van der Waals surface area (Å²) in [5.41, 5.74) is 2.29. The molecule has 7 nitrogen and oxygen atoms in total. The third-order valence-corrected chi connectivity index (χ3v) is 9.94. The Hall–Kier alpha value is -3.17. The molecule has 3 aromatic carbocycles. The molecular weight excluding hydrogens is 602 g/mol. The molecule has 4 rings (SSSR count). The van der Waals surface area contributed by atoms with Gasteiger partial charge in [0.25, 0.3) is 10.0 Å². The molecule has 3 aromatic rings. The summed E-state index contributed by atoms with van der Waals surface area (Å²) in [6, 6.07) is 22.1. The zero-order chi connectivity index (χ0) is 29.4.